The number of aliphatic carboxylic acids is 3. The van der Waals surface area contributed by atoms with Crippen LogP contribution < -0.4 is 27.4 Å². The third-order valence-corrected chi connectivity index (χ3v) is 5.10. The number of primary amides is 1. The smallest absolute Gasteiger partial charge is 0.326 e. The minimum atomic E-state index is -1.61. The van der Waals surface area contributed by atoms with E-state index in [1.165, 1.54) is 0 Å². The number of carbonyl (C=O) groups excluding carboxylic acids is 4. The molecule has 0 spiro atoms. The number of nitrogens with one attached hydrogen (secondary N) is 3. The van der Waals surface area contributed by atoms with Crippen molar-refractivity contribution in [1.82, 2.24) is 16.0 Å². The fraction of sp³-hybridized carbons (Fsp3) is 0.650. The molecule has 10 N–H and O–H groups in total. The van der Waals surface area contributed by atoms with Gasteiger partial charge in [0.25, 0.3) is 0 Å². The Labute approximate surface area is 201 Å². The number of rotatable bonds is 17. The minimum absolute atomic E-state index is 0.257. The van der Waals surface area contributed by atoms with E-state index in [9.17, 15) is 38.7 Å². The lowest BCUT2D eigenvalue weighted by atomic mass is 9.98. The predicted molar refractivity (Wildman–Crippen MR) is 118 cm³/mol. The van der Waals surface area contributed by atoms with Gasteiger partial charge >= 0.3 is 17.9 Å². The van der Waals surface area contributed by atoms with E-state index < -0.39 is 97.3 Å². The van der Waals surface area contributed by atoms with E-state index >= 15 is 0 Å². The Morgan fingerprint density at radius 1 is 0.771 bits per heavy atom. The minimum Gasteiger partial charge on any atom is -0.481 e. The maximum Gasteiger partial charge on any atom is 0.326 e. The molecular weight excluding hydrogens is 470 g/mol. The Kier molecular flexibility index (Phi) is 13.6. The van der Waals surface area contributed by atoms with Crippen LogP contribution in [0, 0.1) is 5.92 Å². The summed E-state index contributed by atoms with van der Waals surface area (Å²) in [5, 5.41) is 33.6. The zero-order valence-corrected chi connectivity index (χ0v) is 19.5. The largest absolute Gasteiger partial charge is 0.481 e. The van der Waals surface area contributed by atoms with Crippen LogP contribution in [0.3, 0.4) is 0 Å². The number of hydrogen-bond donors (Lipinski definition) is 8. The van der Waals surface area contributed by atoms with Gasteiger partial charge in [-0.1, -0.05) is 20.3 Å². The second-order valence-corrected chi connectivity index (χ2v) is 7.97. The zero-order valence-electron chi connectivity index (χ0n) is 19.5. The highest BCUT2D eigenvalue weighted by Crippen LogP contribution is 2.09. The van der Waals surface area contributed by atoms with Crippen LogP contribution in [0.5, 0.6) is 0 Å². The summed E-state index contributed by atoms with van der Waals surface area (Å²) in [7, 11) is 0. The summed E-state index contributed by atoms with van der Waals surface area (Å²) in [4.78, 5) is 82.3. The van der Waals surface area contributed by atoms with Crippen molar-refractivity contribution in [2.24, 2.45) is 17.4 Å². The molecule has 4 amide bonds. The molecule has 0 aliphatic rings. The van der Waals surface area contributed by atoms with Crippen LogP contribution in [0.25, 0.3) is 0 Å². The first kappa shape index (κ1) is 31.2. The maximum atomic E-state index is 12.8. The highest BCUT2D eigenvalue weighted by molar-refractivity contribution is 5.96. The van der Waals surface area contributed by atoms with Gasteiger partial charge < -0.3 is 42.7 Å². The molecule has 15 heteroatoms. The van der Waals surface area contributed by atoms with Gasteiger partial charge in [-0.25, -0.2) is 4.79 Å². The summed E-state index contributed by atoms with van der Waals surface area (Å²) in [5.41, 5.74) is 10.7. The van der Waals surface area contributed by atoms with Crippen LogP contribution in [0.4, 0.5) is 0 Å². The summed E-state index contributed by atoms with van der Waals surface area (Å²) in [6.07, 6.45) is -1.98. The van der Waals surface area contributed by atoms with Crippen molar-refractivity contribution >= 4 is 41.5 Å². The van der Waals surface area contributed by atoms with Crippen LogP contribution >= 0.6 is 0 Å². The van der Waals surface area contributed by atoms with Gasteiger partial charge in [0, 0.05) is 12.8 Å². The summed E-state index contributed by atoms with van der Waals surface area (Å²) in [5.74, 6) is -8.33. The van der Waals surface area contributed by atoms with Gasteiger partial charge in [-0.2, -0.15) is 0 Å². The monoisotopic (exact) mass is 503 g/mol. The number of carboxylic acids is 3. The van der Waals surface area contributed by atoms with E-state index in [0.29, 0.717) is 6.42 Å². The van der Waals surface area contributed by atoms with E-state index in [1.54, 1.807) is 13.8 Å². The highest BCUT2D eigenvalue weighted by atomic mass is 16.4. The molecule has 0 aliphatic heterocycles. The number of nitrogens with two attached hydrogens (primary N) is 2. The number of carboxylic acid groups (broad SMARTS) is 3. The van der Waals surface area contributed by atoms with Crippen molar-refractivity contribution in [3.63, 3.8) is 0 Å². The fourth-order valence-corrected chi connectivity index (χ4v) is 2.85. The van der Waals surface area contributed by atoms with Gasteiger partial charge in [-0.05, 0) is 18.8 Å². The third-order valence-electron chi connectivity index (χ3n) is 5.10. The molecule has 0 aliphatic carbocycles. The molecule has 15 nitrogen and oxygen atoms in total. The normalized spacial score (nSPS) is 14.9. The fourth-order valence-electron chi connectivity index (χ4n) is 2.85. The number of hydrogen-bond acceptors (Lipinski definition) is 8. The lowest BCUT2D eigenvalue weighted by Crippen LogP contribution is -2.58. The topological polar surface area (TPSA) is 268 Å². The number of amides is 4. The van der Waals surface area contributed by atoms with Crippen molar-refractivity contribution < 1.29 is 48.9 Å². The SMILES string of the molecule is CCC(C)C(NC(=O)C(CC(N)=O)NC(=O)C(CCC(=O)O)NC(=O)C(N)CCC(=O)O)C(=O)O. The average Bonchev–Trinajstić information content (AvgIpc) is 2.76. The summed E-state index contributed by atoms with van der Waals surface area (Å²) >= 11 is 0. The predicted octanol–water partition coefficient (Wildman–Crippen LogP) is -2.50. The van der Waals surface area contributed by atoms with Gasteiger partial charge in [0.15, 0.2) is 0 Å². The first-order chi connectivity index (χ1) is 16.2. The molecule has 0 aromatic carbocycles. The molecule has 5 atom stereocenters. The molecule has 0 rings (SSSR count). The second-order valence-electron chi connectivity index (χ2n) is 7.97. The Balaban J connectivity index is 5.61. The Hall–Kier alpha value is -3.75. The van der Waals surface area contributed by atoms with E-state index in [2.05, 4.69) is 16.0 Å². The van der Waals surface area contributed by atoms with Crippen molar-refractivity contribution in [2.75, 3.05) is 0 Å². The summed E-state index contributed by atoms with van der Waals surface area (Å²) in [6.45, 7) is 3.28. The van der Waals surface area contributed by atoms with Crippen molar-refractivity contribution in [1.29, 1.82) is 0 Å². The van der Waals surface area contributed by atoms with Crippen molar-refractivity contribution in [2.45, 2.75) is 76.5 Å². The molecule has 35 heavy (non-hydrogen) atoms. The first-order valence-corrected chi connectivity index (χ1v) is 10.8. The van der Waals surface area contributed by atoms with Crippen LogP contribution in [-0.4, -0.2) is 81.0 Å². The summed E-state index contributed by atoms with van der Waals surface area (Å²) < 4.78 is 0. The lowest BCUT2D eigenvalue weighted by molar-refractivity contribution is -0.144. The van der Waals surface area contributed by atoms with Crippen molar-refractivity contribution in [3.8, 4) is 0 Å². The molecule has 198 valence electrons. The van der Waals surface area contributed by atoms with Gasteiger partial charge in [-0.15, -0.1) is 0 Å². The molecule has 0 fully saturated rings. The van der Waals surface area contributed by atoms with Crippen LogP contribution in [0.1, 0.15) is 52.4 Å². The molecule has 0 bridgehead atoms. The molecule has 0 saturated carbocycles. The Morgan fingerprint density at radius 2 is 1.26 bits per heavy atom. The third kappa shape index (κ3) is 12.3. The zero-order chi connectivity index (χ0) is 27.3. The molecule has 0 radical (unpaired) electrons. The van der Waals surface area contributed by atoms with Crippen LogP contribution in [0.15, 0.2) is 0 Å². The Morgan fingerprint density at radius 3 is 1.71 bits per heavy atom. The number of carbonyl (C=O) groups is 7. The van der Waals surface area contributed by atoms with Crippen molar-refractivity contribution in [3.05, 3.63) is 0 Å². The van der Waals surface area contributed by atoms with E-state index in [0.717, 1.165) is 0 Å². The highest BCUT2D eigenvalue weighted by Gasteiger charge is 2.32. The molecular formula is C20H33N5O10. The van der Waals surface area contributed by atoms with Gasteiger partial charge in [-0.3, -0.25) is 28.8 Å². The maximum absolute atomic E-state index is 12.8. The Bertz CT molecular complexity index is 818. The molecule has 0 aromatic rings. The first-order valence-electron chi connectivity index (χ1n) is 10.8. The van der Waals surface area contributed by atoms with E-state index in [1.807, 2.05) is 0 Å². The van der Waals surface area contributed by atoms with Crippen LogP contribution in [0.2, 0.25) is 0 Å². The van der Waals surface area contributed by atoms with Gasteiger partial charge in [0.1, 0.15) is 18.1 Å². The average molecular weight is 504 g/mol. The van der Waals surface area contributed by atoms with E-state index in [4.69, 9.17) is 21.7 Å². The summed E-state index contributed by atoms with van der Waals surface area (Å²) in [6, 6.07) is -5.77. The molecule has 0 saturated heterocycles. The van der Waals surface area contributed by atoms with Gasteiger partial charge in [0.2, 0.25) is 23.6 Å². The second kappa shape index (κ2) is 15.2. The lowest BCUT2D eigenvalue weighted by Gasteiger charge is -2.26. The van der Waals surface area contributed by atoms with E-state index in [-0.39, 0.29) is 6.42 Å². The quantitative estimate of drug-likeness (QED) is 0.103. The van der Waals surface area contributed by atoms with Crippen LogP contribution in [-0.2, 0) is 33.6 Å². The molecule has 0 aromatic heterocycles. The molecule has 0 heterocycles. The molecule has 5 unspecified atom stereocenters. The van der Waals surface area contributed by atoms with Gasteiger partial charge in [0.05, 0.1) is 12.5 Å². The standard InChI is InChI=1S/C20H33N5O10/c1-3-9(2)16(20(34)35)25-19(33)12(8-13(22)26)24-18(32)11(5-7-15(29)30)23-17(31)10(21)4-6-14(27)28/h9-12,16H,3-8,21H2,1-2H3,(H2,22,26)(H,23,31)(H,24,32)(H,25,33)(H,27,28)(H,29,30)(H,34,35).